The van der Waals surface area contributed by atoms with Gasteiger partial charge in [-0.15, -0.1) is 0 Å². The highest BCUT2D eigenvalue weighted by Gasteiger charge is 1.93. The van der Waals surface area contributed by atoms with Crippen LogP contribution in [0.5, 0.6) is 0 Å². The van der Waals surface area contributed by atoms with Crippen LogP contribution in [0.3, 0.4) is 0 Å². The van der Waals surface area contributed by atoms with E-state index in [9.17, 15) is 0 Å². The molecule has 0 aromatic rings. The molecule has 2 nitrogen and oxygen atoms in total. The largest absolute Gasteiger partial charge is 0.377 e. The highest BCUT2D eigenvalue weighted by atomic mass is 16.5. The fraction of sp³-hybridized carbons (Fsp3) is 0.800. The van der Waals surface area contributed by atoms with Gasteiger partial charge in [0.05, 0.1) is 12.7 Å². The first kappa shape index (κ1) is 11.7. The van der Waals surface area contributed by atoms with Crippen molar-refractivity contribution in [1.82, 2.24) is 5.32 Å². The van der Waals surface area contributed by atoms with Crippen molar-refractivity contribution in [2.24, 2.45) is 0 Å². The molecule has 2 heteroatoms. The summed E-state index contributed by atoms with van der Waals surface area (Å²) in [7, 11) is 0. The second-order valence-electron chi connectivity index (χ2n) is 3.20. The first-order valence-corrected chi connectivity index (χ1v) is 4.65. The average Bonchev–Trinajstić information content (AvgIpc) is 2.03. The summed E-state index contributed by atoms with van der Waals surface area (Å²) in [6.07, 6.45) is 1.39. The minimum atomic E-state index is 0.334. The minimum absolute atomic E-state index is 0.334. The quantitative estimate of drug-likeness (QED) is 0.467. The van der Waals surface area contributed by atoms with Crippen molar-refractivity contribution >= 4 is 0 Å². The zero-order valence-corrected chi connectivity index (χ0v) is 8.52. The molecule has 0 unspecified atom stereocenters. The van der Waals surface area contributed by atoms with Gasteiger partial charge in [-0.2, -0.15) is 0 Å². The van der Waals surface area contributed by atoms with Crippen molar-refractivity contribution in [3.05, 3.63) is 12.2 Å². The van der Waals surface area contributed by atoms with E-state index in [1.165, 1.54) is 5.57 Å². The van der Waals surface area contributed by atoms with Crippen molar-refractivity contribution in [2.75, 3.05) is 19.7 Å². The van der Waals surface area contributed by atoms with Crippen molar-refractivity contribution in [3.8, 4) is 0 Å². The molecule has 0 aromatic carbocycles. The Morgan fingerprint density at radius 1 is 1.50 bits per heavy atom. The normalized spacial score (nSPS) is 10.7. The molecule has 0 bridgehead atoms. The van der Waals surface area contributed by atoms with Crippen LogP contribution in [0.25, 0.3) is 0 Å². The molecule has 12 heavy (non-hydrogen) atoms. The maximum absolute atomic E-state index is 5.37. The molecule has 0 saturated heterocycles. The van der Waals surface area contributed by atoms with Crippen LogP contribution in [-0.2, 0) is 4.74 Å². The number of ether oxygens (including phenoxy) is 1. The monoisotopic (exact) mass is 171 g/mol. The van der Waals surface area contributed by atoms with Crippen LogP contribution in [0.15, 0.2) is 12.2 Å². The van der Waals surface area contributed by atoms with E-state index in [0.29, 0.717) is 6.10 Å². The Morgan fingerprint density at radius 3 is 2.67 bits per heavy atom. The Kier molecular flexibility index (Phi) is 7.11. The van der Waals surface area contributed by atoms with Gasteiger partial charge >= 0.3 is 0 Å². The molecule has 0 rings (SSSR count). The van der Waals surface area contributed by atoms with Crippen molar-refractivity contribution in [1.29, 1.82) is 0 Å². The first-order chi connectivity index (χ1) is 5.66. The molecule has 1 N–H and O–H groups in total. The van der Waals surface area contributed by atoms with Gasteiger partial charge in [0.1, 0.15) is 0 Å². The van der Waals surface area contributed by atoms with Crippen LogP contribution in [-0.4, -0.2) is 25.8 Å². The van der Waals surface area contributed by atoms with E-state index in [1.807, 2.05) is 13.8 Å². The molecule has 0 radical (unpaired) electrons. The van der Waals surface area contributed by atoms with Gasteiger partial charge < -0.3 is 10.1 Å². The van der Waals surface area contributed by atoms with E-state index in [0.717, 1.165) is 26.1 Å². The molecule has 0 spiro atoms. The fourth-order valence-electron chi connectivity index (χ4n) is 0.757. The zero-order valence-electron chi connectivity index (χ0n) is 8.52. The molecule has 0 fully saturated rings. The topological polar surface area (TPSA) is 21.3 Å². The molecule has 0 saturated carbocycles. The fourth-order valence-corrected chi connectivity index (χ4v) is 0.757. The minimum Gasteiger partial charge on any atom is -0.377 e. The van der Waals surface area contributed by atoms with E-state index < -0.39 is 0 Å². The van der Waals surface area contributed by atoms with Gasteiger partial charge in [-0.25, -0.2) is 0 Å². The number of rotatable bonds is 7. The zero-order chi connectivity index (χ0) is 9.40. The molecule has 0 amide bonds. The lowest BCUT2D eigenvalue weighted by Gasteiger charge is -2.08. The van der Waals surface area contributed by atoms with Crippen molar-refractivity contribution < 1.29 is 4.74 Å². The molecule has 0 aliphatic carbocycles. The van der Waals surface area contributed by atoms with Crippen molar-refractivity contribution in [3.63, 3.8) is 0 Å². The summed E-state index contributed by atoms with van der Waals surface area (Å²) >= 11 is 0. The highest BCUT2D eigenvalue weighted by Crippen LogP contribution is 1.92. The maximum Gasteiger partial charge on any atom is 0.0594 e. The summed E-state index contributed by atoms with van der Waals surface area (Å²) in [6, 6.07) is 0. The van der Waals surface area contributed by atoms with E-state index in [2.05, 4.69) is 18.8 Å². The standard InChI is InChI=1S/C10H21NO/c1-5-10(4)8-11-6-7-12-9(2)3/h9,11H,4-8H2,1-3H3. The molecular formula is C10H21NO. The Bertz CT molecular complexity index is 121. The third kappa shape index (κ3) is 7.76. The Hall–Kier alpha value is -0.340. The van der Waals surface area contributed by atoms with Gasteiger partial charge in [0.25, 0.3) is 0 Å². The van der Waals surface area contributed by atoms with Gasteiger partial charge in [-0.1, -0.05) is 19.1 Å². The van der Waals surface area contributed by atoms with Crippen LogP contribution < -0.4 is 5.32 Å². The number of hydrogen-bond acceptors (Lipinski definition) is 2. The van der Waals surface area contributed by atoms with Crippen LogP contribution in [0.2, 0.25) is 0 Å². The third-order valence-corrected chi connectivity index (χ3v) is 1.61. The van der Waals surface area contributed by atoms with Gasteiger partial charge in [0, 0.05) is 13.1 Å². The van der Waals surface area contributed by atoms with E-state index in [4.69, 9.17) is 4.74 Å². The van der Waals surface area contributed by atoms with Crippen LogP contribution in [0.4, 0.5) is 0 Å². The van der Waals surface area contributed by atoms with Gasteiger partial charge in [-0.3, -0.25) is 0 Å². The Balaban J connectivity index is 3.05. The summed E-state index contributed by atoms with van der Waals surface area (Å²) in [5.41, 5.74) is 1.25. The SMILES string of the molecule is C=C(CC)CNCCOC(C)C. The van der Waals surface area contributed by atoms with E-state index in [1.54, 1.807) is 0 Å². The van der Waals surface area contributed by atoms with Crippen LogP contribution in [0.1, 0.15) is 27.2 Å². The summed E-state index contributed by atoms with van der Waals surface area (Å²) < 4.78 is 5.37. The van der Waals surface area contributed by atoms with Crippen LogP contribution >= 0.6 is 0 Å². The third-order valence-electron chi connectivity index (χ3n) is 1.61. The summed E-state index contributed by atoms with van der Waals surface area (Å²) in [6.45, 7) is 12.7. The number of hydrogen-bond donors (Lipinski definition) is 1. The second kappa shape index (κ2) is 7.32. The molecule has 0 aromatic heterocycles. The Labute approximate surface area is 76.0 Å². The predicted octanol–water partition coefficient (Wildman–Crippen LogP) is 1.97. The predicted molar refractivity (Wildman–Crippen MR) is 53.4 cm³/mol. The van der Waals surface area contributed by atoms with Crippen molar-refractivity contribution in [2.45, 2.75) is 33.3 Å². The molecule has 0 atom stereocenters. The molecule has 0 aliphatic rings. The molecular weight excluding hydrogens is 150 g/mol. The highest BCUT2D eigenvalue weighted by molar-refractivity contribution is 4.94. The molecule has 0 heterocycles. The summed E-state index contributed by atoms with van der Waals surface area (Å²) in [5.74, 6) is 0. The number of nitrogens with one attached hydrogen (secondary N) is 1. The van der Waals surface area contributed by atoms with Gasteiger partial charge in [0.15, 0.2) is 0 Å². The second-order valence-corrected chi connectivity index (χ2v) is 3.20. The lowest BCUT2D eigenvalue weighted by atomic mass is 10.2. The smallest absolute Gasteiger partial charge is 0.0594 e. The van der Waals surface area contributed by atoms with Gasteiger partial charge in [0.2, 0.25) is 0 Å². The molecule has 0 aliphatic heterocycles. The lowest BCUT2D eigenvalue weighted by molar-refractivity contribution is 0.0812. The van der Waals surface area contributed by atoms with E-state index >= 15 is 0 Å². The van der Waals surface area contributed by atoms with Gasteiger partial charge in [-0.05, 0) is 20.3 Å². The maximum atomic E-state index is 5.37. The lowest BCUT2D eigenvalue weighted by Crippen LogP contribution is -2.23. The molecule has 72 valence electrons. The van der Waals surface area contributed by atoms with E-state index in [-0.39, 0.29) is 0 Å². The Morgan fingerprint density at radius 2 is 2.17 bits per heavy atom. The average molecular weight is 171 g/mol. The first-order valence-electron chi connectivity index (χ1n) is 4.65. The summed E-state index contributed by atoms with van der Waals surface area (Å²) in [4.78, 5) is 0. The van der Waals surface area contributed by atoms with Crippen LogP contribution in [0, 0.1) is 0 Å². The summed E-state index contributed by atoms with van der Waals surface area (Å²) in [5, 5.41) is 3.27.